The van der Waals surface area contributed by atoms with Gasteiger partial charge in [-0.25, -0.2) is 4.98 Å². The summed E-state index contributed by atoms with van der Waals surface area (Å²) in [5.41, 5.74) is 7.01. The summed E-state index contributed by atoms with van der Waals surface area (Å²) < 4.78 is 2.24. The van der Waals surface area contributed by atoms with Crippen LogP contribution in [0.1, 0.15) is 44.5 Å². The number of hydrogen-bond donors (Lipinski definition) is 1. The van der Waals surface area contributed by atoms with Gasteiger partial charge < -0.3 is 10.3 Å². The second-order valence-electron chi connectivity index (χ2n) is 4.24. The van der Waals surface area contributed by atoms with Crippen molar-refractivity contribution in [1.29, 1.82) is 0 Å². The van der Waals surface area contributed by atoms with Gasteiger partial charge in [-0.2, -0.15) is 0 Å². The quantitative estimate of drug-likeness (QED) is 0.753. The molecule has 1 aliphatic rings. The average Bonchev–Trinajstić information content (AvgIpc) is 2.45. The summed E-state index contributed by atoms with van der Waals surface area (Å²) in [6.07, 6.45) is 6.34. The van der Waals surface area contributed by atoms with Gasteiger partial charge in [0.25, 0.3) is 0 Å². The standard InChI is InChI=1S/C10H17N3/c1-7-3-9(4-7)13-6-12-5-10(13)8(2)11/h5-9H,3-4,11H2,1-2H3. The smallest absolute Gasteiger partial charge is 0.0951 e. The molecule has 1 fully saturated rings. The van der Waals surface area contributed by atoms with Gasteiger partial charge >= 0.3 is 0 Å². The second kappa shape index (κ2) is 3.14. The van der Waals surface area contributed by atoms with Gasteiger partial charge in [0.15, 0.2) is 0 Å². The van der Waals surface area contributed by atoms with Gasteiger partial charge in [0, 0.05) is 18.3 Å². The molecule has 0 bridgehead atoms. The van der Waals surface area contributed by atoms with E-state index in [4.69, 9.17) is 5.73 Å². The zero-order chi connectivity index (χ0) is 9.42. The molecule has 2 N–H and O–H groups in total. The Kier molecular flexibility index (Phi) is 2.12. The monoisotopic (exact) mass is 179 g/mol. The predicted molar refractivity (Wildman–Crippen MR) is 52.3 cm³/mol. The first kappa shape index (κ1) is 8.75. The lowest BCUT2D eigenvalue weighted by Crippen LogP contribution is -2.26. The van der Waals surface area contributed by atoms with Crippen molar-refractivity contribution in [3.8, 4) is 0 Å². The van der Waals surface area contributed by atoms with Gasteiger partial charge in [0.05, 0.1) is 12.0 Å². The summed E-state index contributed by atoms with van der Waals surface area (Å²) in [5, 5.41) is 0. The normalized spacial score (nSPS) is 29.8. The van der Waals surface area contributed by atoms with Gasteiger partial charge in [-0.1, -0.05) is 6.92 Å². The van der Waals surface area contributed by atoms with Gasteiger partial charge in [-0.3, -0.25) is 0 Å². The van der Waals surface area contributed by atoms with Crippen LogP contribution in [0.3, 0.4) is 0 Å². The lowest BCUT2D eigenvalue weighted by molar-refractivity contribution is 0.210. The SMILES string of the molecule is CC1CC(n2cncc2C(C)N)C1. The molecular weight excluding hydrogens is 162 g/mol. The van der Waals surface area contributed by atoms with Crippen molar-refractivity contribution in [3.05, 3.63) is 18.2 Å². The van der Waals surface area contributed by atoms with Gasteiger partial charge in [-0.15, -0.1) is 0 Å². The van der Waals surface area contributed by atoms with Crippen LogP contribution >= 0.6 is 0 Å². The maximum atomic E-state index is 5.85. The molecular formula is C10H17N3. The van der Waals surface area contributed by atoms with Crippen molar-refractivity contribution in [2.75, 3.05) is 0 Å². The summed E-state index contributed by atoms with van der Waals surface area (Å²) in [4.78, 5) is 4.15. The van der Waals surface area contributed by atoms with E-state index in [0.717, 1.165) is 11.6 Å². The van der Waals surface area contributed by atoms with E-state index >= 15 is 0 Å². The van der Waals surface area contributed by atoms with Crippen molar-refractivity contribution in [1.82, 2.24) is 9.55 Å². The zero-order valence-electron chi connectivity index (χ0n) is 8.27. The molecule has 1 saturated carbocycles. The van der Waals surface area contributed by atoms with E-state index in [1.165, 1.54) is 12.8 Å². The highest BCUT2D eigenvalue weighted by Gasteiger charge is 2.28. The number of imidazole rings is 1. The van der Waals surface area contributed by atoms with Crippen molar-refractivity contribution in [2.24, 2.45) is 11.7 Å². The molecule has 72 valence electrons. The second-order valence-corrected chi connectivity index (χ2v) is 4.24. The van der Waals surface area contributed by atoms with Crippen LogP contribution in [0.4, 0.5) is 0 Å². The summed E-state index contributed by atoms with van der Waals surface area (Å²) in [6, 6.07) is 0.747. The van der Waals surface area contributed by atoms with Crippen molar-refractivity contribution >= 4 is 0 Å². The van der Waals surface area contributed by atoms with Crippen LogP contribution in [0, 0.1) is 5.92 Å². The molecule has 1 unspecified atom stereocenters. The van der Waals surface area contributed by atoms with Crippen molar-refractivity contribution in [3.63, 3.8) is 0 Å². The van der Waals surface area contributed by atoms with E-state index < -0.39 is 0 Å². The minimum atomic E-state index is 0.0957. The lowest BCUT2D eigenvalue weighted by atomic mass is 9.81. The third kappa shape index (κ3) is 1.48. The third-order valence-corrected chi connectivity index (χ3v) is 2.90. The number of aromatic nitrogens is 2. The maximum absolute atomic E-state index is 5.85. The molecule has 0 spiro atoms. The van der Waals surface area contributed by atoms with E-state index in [2.05, 4.69) is 16.5 Å². The molecule has 1 aromatic heterocycles. The van der Waals surface area contributed by atoms with Crippen LogP contribution in [-0.4, -0.2) is 9.55 Å². The molecule has 1 aliphatic carbocycles. The highest BCUT2D eigenvalue weighted by molar-refractivity contribution is 5.06. The molecule has 0 radical (unpaired) electrons. The van der Waals surface area contributed by atoms with E-state index in [9.17, 15) is 0 Å². The molecule has 0 saturated heterocycles. The van der Waals surface area contributed by atoms with Crippen molar-refractivity contribution in [2.45, 2.75) is 38.8 Å². The van der Waals surface area contributed by atoms with Crippen molar-refractivity contribution < 1.29 is 0 Å². The average molecular weight is 179 g/mol. The van der Waals surface area contributed by atoms with E-state index in [1.54, 1.807) is 0 Å². The Morgan fingerprint density at radius 2 is 2.31 bits per heavy atom. The fraction of sp³-hybridized carbons (Fsp3) is 0.700. The molecule has 3 nitrogen and oxygen atoms in total. The minimum absolute atomic E-state index is 0.0957. The molecule has 0 amide bonds. The molecule has 2 rings (SSSR count). The maximum Gasteiger partial charge on any atom is 0.0951 e. The number of hydrogen-bond acceptors (Lipinski definition) is 2. The van der Waals surface area contributed by atoms with E-state index in [1.807, 2.05) is 19.4 Å². The predicted octanol–water partition coefficient (Wildman–Crippen LogP) is 1.87. The van der Waals surface area contributed by atoms with Crippen LogP contribution in [-0.2, 0) is 0 Å². The Balaban J connectivity index is 2.16. The summed E-state index contributed by atoms with van der Waals surface area (Å²) >= 11 is 0. The lowest BCUT2D eigenvalue weighted by Gasteiger charge is -2.35. The summed E-state index contributed by atoms with van der Waals surface area (Å²) in [5.74, 6) is 0.869. The Morgan fingerprint density at radius 3 is 2.85 bits per heavy atom. The van der Waals surface area contributed by atoms with Gasteiger partial charge in [0.1, 0.15) is 0 Å². The van der Waals surface area contributed by atoms with Crippen LogP contribution in [0.15, 0.2) is 12.5 Å². The summed E-state index contributed by atoms with van der Waals surface area (Å²) in [6.45, 7) is 4.30. The Bertz CT molecular complexity index is 284. The first-order chi connectivity index (χ1) is 6.18. The Labute approximate surface area is 79.0 Å². The molecule has 1 aromatic rings. The Hall–Kier alpha value is -0.830. The topological polar surface area (TPSA) is 43.8 Å². The van der Waals surface area contributed by atoms with Gasteiger partial charge in [0.2, 0.25) is 0 Å². The highest BCUT2D eigenvalue weighted by Crippen LogP contribution is 2.38. The molecule has 13 heavy (non-hydrogen) atoms. The molecule has 3 heteroatoms. The van der Waals surface area contributed by atoms with Crippen LogP contribution in [0.25, 0.3) is 0 Å². The number of nitrogens with two attached hydrogens (primary N) is 1. The largest absolute Gasteiger partial charge is 0.330 e. The molecule has 0 aromatic carbocycles. The van der Waals surface area contributed by atoms with Crippen LogP contribution < -0.4 is 5.73 Å². The van der Waals surface area contributed by atoms with Crippen LogP contribution in [0.5, 0.6) is 0 Å². The van der Waals surface area contributed by atoms with E-state index in [-0.39, 0.29) is 6.04 Å². The molecule has 0 aliphatic heterocycles. The highest BCUT2D eigenvalue weighted by atomic mass is 15.1. The Morgan fingerprint density at radius 1 is 1.62 bits per heavy atom. The minimum Gasteiger partial charge on any atom is -0.330 e. The fourth-order valence-electron chi connectivity index (χ4n) is 2.06. The summed E-state index contributed by atoms with van der Waals surface area (Å²) in [7, 11) is 0. The molecule has 1 heterocycles. The van der Waals surface area contributed by atoms with E-state index in [0.29, 0.717) is 6.04 Å². The fourth-order valence-corrected chi connectivity index (χ4v) is 2.06. The molecule has 1 atom stereocenters. The number of nitrogens with zero attached hydrogens (tertiary/aromatic N) is 2. The first-order valence-corrected chi connectivity index (χ1v) is 4.95. The van der Waals surface area contributed by atoms with Crippen LogP contribution in [0.2, 0.25) is 0 Å². The van der Waals surface area contributed by atoms with Gasteiger partial charge in [-0.05, 0) is 25.7 Å². The first-order valence-electron chi connectivity index (χ1n) is 4.95. The number of rotatable bonds is 2. The third-order valence-electron chi connectivity index (χ3n) is 2.90. The zero-order valence-corrected chi connectivity index (χ0v) is 8.27.